The van der Waals surface area contributed by atoms with Gasteiger partial charge in [0.1, 0.15) is 6.10 Å². The van der Waals surface area contributed by atoms with Crippen molar-refractivity contribution in [3.63, 3.8) is 0 Å². The molecule has 0 radical (unpaired) electrons. The van der Waals surface area contributed by atoms with Gasteiger partial charge in [-0.05, 0) is 44.5 Å². The highest BCUT2D eigenvalue weighted by Gasteiger charge is 2.45. The first-order valence-electron chi connectivity index (χ1n) is 9.59. The molecule has 0 bridgehead atoms. The van der Waals surface area contributed by atoms with Crippen molar-refractivity contribution in [1.29, 1.82) is 0 Å². The van der Waals surface area contributed by atoms with Gasteiger partial charge in [-0.1, -0.05) is 6.07 Å². The highest BCUT2D eigenvalue weighted by molar-refractivity contribution is 5.81. The molecular formula is C19H28N4O2. The van der Waals surface area contributed by atoms with Gasteiger partial charge in [-0.3, -0.25) is 14.7 Å². The molecule has 3 saturated heterocycles. The summed E-state index contributed by atoms with van der Waals surface area (Å²) in [5.74, 6) is 0.0615. The predicted octanol–water partition coefficient (Wildman–Crippen LogP) is 1.03. The number of likely N-dealkylation sites (tertiary alicyclic amines) is 2. The Balaban J connectivity index is 1.25. The second-order valence-electron chi connectivity index (χ2n) is 7.39. The van der Waals surface area contributed by atoms with Gasteiger partial charge in [0.05, 0.1) is 11.8 Å². The molecule has 3 aliphatic rings. The van der Waals surface area contributed by atoms with E-state index in [0.29, 0.717) is 6.04 Å². The molecule has 0 unspecified atom stereocenters. The number of nitrogens with zero attached hydrogens (tertiary/aromatic N) is 3. The van der Waals surface area contributed by atoms with Crippen molar-refractivity contribution in [3.05, 3.63) is 30.1 Å². The Kier molecular flexibility index (Phi) is 5.29. The van der Waals surface area contributed by atoms with Gasteiger partial charge in [-0.2, -0.15) is 0 Å². The molecule has 1 aromatic rings. The van der Waals surface area contributed by atoms with E-state index in [1.807, 2.05) is 18.3 Å². The highest BCUT2D eigenvalue weighted by atomic mass is 16.5. The summed E-state index contributed by atoms with van der Waals surface area (Å²) in [6.45, 7) is 5.89. The number of hydrogen-bond acceptors (Lipinski definition) is 5. The van der Waals surface area contributed by atoms with Crippen molar-refractivity contribution in [3.8, 4) is 0 Å². The van der Waals surface area contributed by atoms with E-state index in [1.165, 1.54) is 25.9 Å². The van der Waals surface area contributed by atoms with E-state index < -0.39 is 0 Å². The lowest BCUT2D eigenvalue weighted by molar-refractivity contribution is -0.132. The molecule has 0 aliphatic carbocycles. The predicted molar refractivity (Wildman–Crippen MR) is 95.0 cm³/mol. The molecule has 0 aromatic carbocycles. The van der Waals surface area contributed by atoms with Gasteiger partial charge >= 0.3 is 0 Å². The summed E-state index contributed by atoms with van der Waals surface area (Å²) in [7, 11) is 0. The Morgan fingerprint density at radius 1 is 1.28 bits per heavy atom. The molecule has 6 nitrogen and oxygen atoms in total. The van der Waals surface area contributed by atoms with E-state index in [0.717, 1.165) is 44.7 Å². The summed E-state index contributed by atoms with van der Waals surface area (Å²) >= 11 is 0. The number of nitrogens with one attached hydrogen (secondary N) is 1. The lowest BCUT2D eigenvalue weighted by Crippen LogP contribution is -2.40. The first-order valence-corrected chi connectivity index (χ1v) is 9.59. The SMILES string of the molecule is O=C(NCCN1CCCC1)[C@@H]1C[C@@H]2[C@@H](CCN2Cc2ccccn2)O1. The maximum atomic E-state index is 12.4. The molecule has 25 heavy (non-hydrogen) atoms. The van der Waals surface area contributed by atoms with Crippen molar-refractivity contribution in [2.24, 2.45) is 0 Å². The van der Waals surface area contributed by atoms with Crippen LogP contribution in [-0.4, -0.2) is 71.7 Å². The molecule has 3 atom stereocenters. The number of carbonyl (C=O) groups is 1. The van der Waals surface area contributed by atoms with Crippen molar-refractivity contribution < 1.29 is 9.53 Å². The van der Waals surface area contributed by atoms with Crippen LogP contribution in [0.4, 0.5) is 0 Å². The summed E-state index contributed by atoms with van der Waals surface area (Å²) in [4.78, 5) is 21.7. The number of hydrogen-bond donors (Lipinski definition) is 1. The quantitative estimate of drug-likeness (QED) is 0.835. The topological polar surface area (TPSA) is 57.7 Å². The molecule has 4 heterocycles. The molecule has 1 N–H and O–H groups in total. The number of fused-ring (bicyclic) bond motifs is 1. The molecule has 3 fully saturated rings. The lowest BCUT2D eigenvalue weighted by atomic mass is 10.1. The minimum atomic E-state index is -0.292. The maximum Gasteiger partial charge on any atom is 0.249 e. The van der Waals surface area contributed by atoms with Crippen molar-refractivity contribution >= 4 is 5.91 Å². The summed E-state index contributed by atoms with van der Waals surface area (Å²) in [5.41, 5.74) is 1.08. The summed E-state index contributed by atoms with van der Waals surface area (Å²) in [6, 6.07) is 6.37. The monoisotopic (exact) mass is 344 g/mol. The number of ether oxygens (including phenoxy) is 1. The van der Waals surface area contributed by atoms with E-state index in [-0.39, 0.29) is 18.1 Å². The zero-order chi connectivity index (χ0) is 17.1. The molecule has 136 valence electrons. The Labute approximate surface area is 149 Å². The van der Waals surface area contributed by atoms with Crippen LogP contribution >= 0.6 is 0 Å². The van der Waals surface area contributed by atoms with E-state index in [2.05, 4.69) is 26.2 Å². The number of rotatable bonds is 6. The number of carbonyl (C=O) groups excluding carboxylic acids is 1. The first-order chi connectivity index (χ1) is 12.3. The Morgan fingerprint density at radius 2 is 2.16 bits per heavy atom. The van der Waals surface area contributed by atoms with Crippen LogP contribution in [-0.2, 0) is 16.1 Å². The van der Waals surface area contributed by atoms with Crippen molar-refractivity contribution in [2.45, 2.75) is 50.5 Å². The second kappa shape index (κ2) is 7.81. The third kappa shape index (κ3) is 4.02. The average molecular weight is 344 g/mol. The zero-order valence-corrected chi connectivity index (χ0v) is 14.8. The molecule has 0 spiro atoms. The van der Waals surface area contributed by atoms with Crippen LogP contribution in [0.2, 0.25) is 0 Å². The van der Waals surface area contributed by atoms with E-state index in [9.17, 15) is 4.79 Å². The third-order valence-electron chi connectivity index (χ3n) is 5.70. The fourth-order valence-corrected chi connectivity index (χ4v) is 4.35. The van der Waals surface area contributed by atoms with Gasteiger partial charge in [0, 0.05) is 44.8 Å². The summed E-state index contributed by atoms with van der Waals surface area (Å²) in [6.07, 6.45) is 6.12. The van der Waals surface area contributed by atoms with E-state index in [4.69, 9.17) is 4.74 Å². The van der Waals surface area contributed by atoms with E-state index in [1.54, 1.807) is 0 Å². The van der Waals surface area contributed by atoms with Gasteiger partial charge < -0.3 is 15.0 Å². The van der Waals surface area contributed by atoms with Crippen LogP contribution in [0.25, 0.3) is 0 Å². The highest BCUT2D eigenvalue weighted by Crippen LogP contribution is 2.33. The minimum absolute atomic E-state index is 0.0615. The molecule has 1 aromatic heterocycles. The maximum absolute atomic E-state index is 12.4. The fraction of sp³-hybridized carbons (Fsp3) is 0.684. The number of aromatic nitrogens is 1. The number of pyridine rings is 1. The summed E-state index contributed by atoms with van der Waals surface area (Å²) < 4.78 is 6.05. The second-order valence-corrected chi connectivity index (χ2v) is 7.39. The molecule has 3 aliphatic heterocycles. The van der Waals surface area contributed by atoms with Crippen molar-refractivity contribution in [2.75, 3.05) is 32.7 Å². The van der Waals surface area contributed by atoms with Gasteiger partial charge in [-0.25, -0.2) is 0 Å². The van der Waals surface area contributed by atoms with Gasteiger partial charge in [-0.15, -0.1) is 0 Å². The molecule has 4 rings (SSSR count). The Morgan fingerprint density at radius 3 is 2.96 bits per heavy atom. The molecule has 1 amide bonds. The Hall–Kier alpha value is -1.50. The Bertz CT molecular complexity index is 576. The van der Waals surface area contributed by atoms with Crippen LogP contribution in [0, 0.1) is 0 Å². The average Bonchev–Trinajstić information content (AvgIpc) is 3.34. The van der Waals surface area contributed by atoms with Crippen LogP contribution in [0.3, 0.4) is 0 Å². The van der Waals surface area contributed by atoms with Crippen molar-refractivity contribution in [1.82, 2.24) is 20.1 Å². The van der Waals surface area contributed by atoms with E-state index >= 15 is 0 Å². The fourth-order valence-electron chi connectivity index (χ4n) is 4.35. The van der Waals surface area contributed by atoms with Gasteiger partial charge in [0.25, 0.3) is 0 Å². The van der Waals surface area contributed by atoms with Crippen LogP contribution in [0.1, 0.15) is 31.4 Å². The normalized spacial score (nSPS) is 29.8. The van der Waals surface area contributed by atoms with Crippen LogP contribution in [0.5, 0.6) is 0 Å². The van der Waals surface area contributed by atoms with Crippen LogP contribution < -0.4 is 5.32 Å². The first kappa shape index (κ1) is 16.9. The van der Waals surface area contributed by atoms with Gasteiger partial charge in [0.2, 0.25) is 5.91 Å². The minimum Gasteiger partial charge on any atom is -0.363 e. The smallest absolute Gasteiger partial charge is 0.249 e. The standard InChI is InChI=1S/C19H28N4O2/c24-19(21-8-12-22-9-3-4-10-22)18-13-16-17(25-18)6-11-23(16)14-15-5-1-2-7-20-15/h1-2,5,7,16-18H,3-4,6,8-14H2,(H,21,24)/t16-,17-,18+/m1/s1. The zero-order valence-electron chi connectivity index (χ0n) is 14.8. The third-order valence-corrected chi connectivity index (χ3v) is 5.70. The molecule has 6 heteroatoms. The molecule has 0 saturated carbocycles. The number of amides is 1. The molecular weight excluding hydrogens is 316 g/mol. The summed E-state index contributed by atoms with van der Waals surface area (Å²) in [5, 5.41) is 3.07. The van der Waals surface area contributed by atoms with Gasteiger partial charge in [0.15, 0.2) is 0 Å². The van der Waals surface area contributed by atoms with Crippen LogP contribution in [0.15, 0.2) is 24.4 Å². The lowest BCUT2D eigenvalue weighted by Gasteiger charge is -2.22. The largest absolute Gasteiger partial charge is 0.363 e.